The molecule has 4 unspecified atom stereocenters. The fraction of sp³-hybridized carbons (Fsp3) is 0.800. The van der Waals surface area contributed by atoms with Gasteiger partial charge in [-0.3, -0.25) is 0 Å². The zero-order chi connectivity index (χ0) is 8.55. The molecule has 76 valence electrons. The van der Waals surface area contributed by atoms with Crippen LogP contribution in [0.25, 0.3) is 0 Å². The van der Waals surface area contributed by atoms with E-state index in [0.29, 0.717) is 11.8 Å². The summed E-state index contributed by atoms with van der Waals surface area (Å²) in [6.07, 6.45) is 7.38. The van der Waals surface area contributed by atoms with Crippen LogP contribution in [0.2, 0.25) is 0 Å². The van der Waals surface area contributed by atoms with Crippen LogP contribution in [-0.2, 0) is 0 Å². The number of halogens is 1. The third-order valence-corrected chi connectivity index (χ3v) is 3.63. The summed E-state index contributed by atoms with van der Waals surface area (Å²) in [5, 5.41) is 0. The molecule has 3 aliphatic rings. The summed E-state index contributed by atoms with van der Waals surface area (Å²) in [5.41, 5.74) is 11.5. The third-order valence-electron chi connectivity index (χ3n) is 3.63. The van der Waals surface area contributed by atoms with Crippen LogP contribution >= 0.6 is 12.4 Å². The molecule has 0 amide bonds. The second-order valence-corrected chi connectivity index (χ2v) is 4.09. The number of fused-ring (bicyclic) bond motifs is 2. The molecule has 1 saturated carbocycles. The number of hydrogen-bond acceptors (Lipinski definition) is 2. The quantitative estimate of drug-likeness (QED) is 0.661. The standard InChI is InChI=1S/C10H18N2.ClH/c11-5-9-7-1-2-8(4-3-7)10(9)6-12;/h1-2,7-10H,3-6,11-12H2;1H. The maximum atomic E-state index is 5.77. The monoisotopic (exact) mass is 202 g/mol. The highest BCUT2D eigenvalue weighted by molar-refractivity contribution is 5.85. The Labute approximate surface area is 86.2 Å². The Balaban J connectivity index is 0.000000845. The molecule has 0 aliphatic heterocycles. The van der Waals surface area contributed by atoms with Gasteiger partial charge in [0.05, 0.1) is 0 Å². The Kier molecular flexibility index (Phi) is 3.77. The molecule has 0 aromatic rings. The molecule has 4 N–H and O–H groups in total. The molecule has 0 radical (unpaired) electrons. The maximum absolute atomic E-state index is 5.77. The summed E-state index contributed by atoms with van der Waals surface area (Å²) >= 11 is 0. The van der Waals surface area contributed by atoms with Crippen LogP contribution in [0.1, 0.15) is 12.8 Å². The van der Waals surface area contributed by atoms with Crippen molar-refractivity contribution >= 4 is 12.4 Å². The molecule has 13 heavy (non-hydrogen) atoms. The van der Waals surface area contributed by atoms with Gasteiger partial charge in [-0.15, -0.1) is 12.4 Å². The van der Waals surface area contributed by atoms with Gasteiger partial charge >= 0.3 is 0 Å². The average Bonchev–Trinajstić information content (AvgIpc) is 2.18. The van der Waals surface area contributed by atoms with Crippen LogP contribution in [0.3, 0.4) is 0 Å². The Bertz CT molecular complexity index is 173. The second kappa shape index (κ2) is 4.45. The number of allylic oxidation sites excluding steroid dienone is 2. The lowest BCUT2D eigenvalue weighted by atomic mass is 9.62. The van der Waals surface area contributed by atoms with Crippen molar-refractivity contribution in [2.24, 2.45) is 35.1 Å². The van der Waals surface area contributed by atoms with E-state index in [1.54, 1.807) is 0 Å². The van der Waals surface area contributed by atoms with Crippen molar-refractivity contribution in [1.82, 2.24) is 0 Å². The van der Waals surface area contributed by atoms with E-state index in [1.807, 2.05) is 0 Å². The van der Waals surface area contributed by atoms with Crippen molar-refractivity contribution in [3.05, 3.63) is 12.2 Å². The number of nitrogens with two attached hydrogens (primary N) is 2. The molecule has 3 rings (SSSR count). The zero-order valence-corrected chi connectivity index (χ0v) is 8.67. The Morgan fingerprint density at radius 3 is 1.54 bits per heavy atom. The van der Waals surface area contributed by atoms with Crippen LogP contribution in [-0.4, -0.2) is 13.1 Å². The van der Waals surface area contributed by atoms with Gasteiger partial charge in [-0.2, -0.15) is 0 Å². The largest absolute Gasteiger partial charge is 0.330 e. The Morgan fingerprint density at radius 2 is 1.31 bits per heavy atom. The highest BCUT2D eigenvalue weighted by atomic mass is 35.5. The van der Waals surface area contributed by atoms with Gasteiger partial charge in [0.15, 0.2) is 0 Å². The van der Waals surface area contributed by atoms with Gasteiger partial charge in [-0.25, -0.2) is 0 Å². The van der Waals surface area contributed by atoms with Crippen LogP contribution in [0.4, 0.5) is 0 Å². The van der Waals surface area contributed by atoms with E-state index in [0.717, 1.165) is 24.9 Å². The predicted molar refractivity (Wildman–Crippen MR) is 57.7 cm³/mol. The van der Waals surface area contributed by atoms with Crippen molar-refractivity contribution < 1.29 is 0 Å². The van der Waals surface area contributed by atoms with Crippen LogP contribution < -0.4 is 11.5 Å². The van der Waals surface area contributed by atoms with Gasteiger partial charge in [0.25, 0.3) is 0 Å². The first-order valence-electron chi connectivity index (χ1n) is 4.95. The van der Waals surface area contributed by atoms with Crippen LogP contribution in [0, 0.1) is 23.7 Å². The van der Waals surface area contributed by atoms with Crippen molar-refractivity contribution in [2.75, 3.05) is 13.1 Å². The maximum Gasteiger partial charge on any atom is -0.00399 e. The fourth-order valence-electron chi connectivity index (χ4n) is 2.91. The van der Waals surface area contributed by atoms with Gasteiger partial charge in [0.1, 0.15) is 0 Å². The molecule has 2 nitrogen and oxygen atoms in total. The van der Waals surface area contributed by atoms with Gasteiger partial charge in [0.2, 0.25) is 0 Å². The molecular weight excluding hydrogens is 184 g/mol. The van der Waals surface area contributed by atoms with E-state index >= 15 is 0 Å². The minimum absolute atomic E-state index is 0. The Morgan fingerprint density at radius 1 is 0.923 bits per heavy atom. The molecule has 3 heteroatoms. The molecule has 0 saturated heterocycles. The molecule has 4 atom stereocenters. The molecule has 0 heterocycles. The summed E-state index contributed by atoms with van der Waals surface area (Å²) in [4.78, 5) is 0. The van der Waals surface area contributed by atoms with E-state index in [2.05, 4.69) is 12.2 Å². The molecule has 2 bridgehead atoms. The molecule has 0 spiro atoms. The first-order valence-corrected chi connectivity index (χ1v) is 4.95. The van der Waals surface area contributed by atoms with E-state index in [1.165, 1.54) is 12.8 Å². The lowest BCUT2D eigenvalue weighted by Crippen LogP contribution is -2.44. The first-order chi connectivity index (χ1) is 5.86. The molecular formula is C10H19ClN2. The predicted octanol–water partition coefficient (Wildman–Crippen LogP) is 1.15. The summed E-state index contributed by atoms with van der Waals surface area (Å²) in [5.74, 6) is 2.79. The van der Waals surface area contributed by atoms with E-state index in [-0.39, 0.29) is 12.4 Å². The molecule has 0 aromatic heterocycles. The van der Waals surface area contributed by atoms with Gasteiger partial charge in [-0.1, -0.05) is 12.2 Å². The minimum atomic E-state index is 0. The second-order valence-electron chi connectivity index (χ2n) is 4.09. The SMILES string of the molecule is Cl.NCC1C2C=CC(CC2)C1CN. The van der Waals surface area contributed by atoms with E-state index in [9.17, 15) is 0 Å². The molecule has 3 aliphatic carbocycles. The summed E-state index contributed by atoms with van der Waals surface area (Å²) in [6, 6.07) is 0. The fourth-order valence-corrected chi connectivity index (χ4v) is 2.91. The highest BCUT2D eigenvalue weighted by Gasteiger charge is 2.38. The van der Waals surface area contributed by atoms with Gasteiger partial charge in [0, 0.05) is 0 Å². The third kappa shape index (κ3) is 1.76. The number of hydrogen-bond donors (Lipinski definition) is 2. The van der Waals surface area contributed by atoms with Crippen molar-refractivity contribution in [2.45, 2.75) is 12.8 Å². The zero-order valence-electron chi connectivity index (χ0n) is 7.86. The lowest BCUT2D eigenvalue weighted by Gasteiger charge is -2.44. The lowest BCUT2D eigenvalue weighted by molar-refractivity contribution is 0.134. The summed E-state index contributed by atoms with van der Waals surface area (Å²) in [7, 11) is 0. The topological polar surface area (TPSA) is 52.0 Å². The van der Waals surface area contributed by atoms with Crippen molar-refractivity contribution in [3.63, 3.8) is 0 Å². The summed E-state index contributed by atoms with van der Waals surface area (Å²) < 4.78 is 0. The van der Waals surface area contributed by atoms with Crippen molar-refractivity contribution in [3.8, 4) is 0 Å². The Hall–Kier alpha value is -0.0500. The number of rotatable bonds is 2. The first kappa shape index (κ1) is 11.0. The van der Waals surface area contributed by atoms with Crippen LogP contribution in [0.5, 0.6) is 0 Å². The molecule has 0 aromatic carbocycles. The van der Waals surface area contributed by atoms with Crippen molar-refractivity contribution in [1.29, 1.82) is 0 Å². The average molecular weight is 203 g/mol. The van der Waals surface area contributed by atoms with E-state index < -0.39 is 0 Å². The van der Waals surface area contributed by atoms with Gasteiger partial charge in [-0.05, 0) is 49.6 Å². The van der Waals surface area contributed by atoms with Crippen LogP contribution in [0.15, 0.2) is 12.2 Å². The normalized spacial score (nSPS) is 41.7. The van der Waals surface area contributed by atoms with E-state index in [4.69, 9.17) is 11.5 Å². The smallest absolute Gasteiger partial charge is 0.00399 e. The summed E-state index contributed by atoms with van der Waals surface area (Å²) in [6.45, 7) is 1.63. The highest BCUT2D eigenvalue weighted by Crippen LogP contribution is 2.43. The van der Waals surface area contributed by atoms with Gasteiger partial charge < -0.3 is 11.5 Å². The minimum Gasteiger partial charge on any atom is -0.330 e. The molecule has 1 fully saturated rings.